The van der Waals surface area contributed by atoms with E-state index in [0.29, 0.717) is 6.04 Å². The first kappa shape index (κ1) is 14.4. The van der Waals surface area contributed by atoms with E-state index in [9.17, 15) is 0 Å². The van der Waals surface area contributed by atoms with Crippen molar-refractivity contribution in [3.05, 3.63) is 36.0 Å². The molecule has 5 heteroatoms. The van der Waals surface area contributed by atoms with Crippen LogP contribution in [0, 0.1) is 6.92 Å². The lowest BCUT2D eigenvalue weighted by atomic mass is 10.1. The van der Waals surface area contributed by atoms with Crippen molar-refractivity contribution in [3.8, 4) is 0 Å². The molecule has 0 amide bonds. The highest BCUT2D eigenvalue weighted by Gasteiger charge is 2.10. The highest BCUT2D eigenvalue weighted by Crippen LogP contribution is 2.19. The largest absolute Gasteiger partial charge is 0.469 e. The van der Waals surface area contributed by atoms with Crippen molar-refractivity contribution in [2.45, 2.75) is 39.7 Å². The third-order valence-electron chi connectivity index (χ3n) is 3.22. The normalized spacial score (nSPS) is 12.2. The molecule has 2 aromatic heterocycles. The van der Waals surface area contributed by atoms with Crippen molar-refractivity contribution in [1.82, 2.24) is 9.97 Å². The standard InChI is InChI=1S/C15H22N4O/c1-4-16-14-12(3)15(18-10-17-14)19-11(2)7-8-13-6-5-9-20-13/h5-6,9-11H,4,7-8H2,1-3H3,(H2,16,17,18,19). The number of hydrogen-bond acceptors (Lipinski definition) is 5. The highest BCUT2D eigenvalue weighted by atomic mass is 16.3. The first-order valence-corrected chi connectivity index (χ1v) is 7.05. The number of hydrogen-bond donors (Lipinski definition) is 2. The monoisotopic (exact) mass is 274 g/mol. The van der Waals surface area contributed by atoms with Crippen molar-refractivity contribution >= 4 is 11.6 Å². The number of rotatable bonds is 7. The van der Waals surface area contributed by atoms with Crippen LogP contribution in [0.25, 0.3) is 0 Å². The maximum Gasteiger partial charge on any atom is 0.134 e. The van der Waals surface area contributed by atoms with Gasteiger partial charge in [-0.3, -0.25) is 0 Å². The number of nitrogens with one attached hydrogen (secondary N) is 2. The van der Waals surface area contributed by atoms with E-state index < -0.39 is 0 Å². The molecule has 0 aliphatic carbocycles. The van der Waals surface area contributed by atoms with Crippen molar-refractivity contribution in [1.29, 1.82) is 0 Å². The lowest BCUT2D eigenvalue weighted by Gasteiger charge is -2.17. The third-order valence-corrected chi connectivity index (χ3v) is 3.22. The molecule has 2 heterocycles. The Labute approximate surface area is 119 Å². The molecule has 1 unspecified atom stereocenters. The van der Waals surface area contributed by atoms with Gasteiger partial charge in [-0.1, -0.05) is 0 Å². The fourth-order valence-corrected chi connectivity index (χ4v) is 2.06. The van der Waals surface area contributed by atoms with E-state index in [1.54, 1.807) is 12.6 Å². The van der Waals surface area contributed by atoms with Crippen LogP contribution in [0.2, 0.25) is 0 Å². The van der Waals surface area contributed by atoms with E-state index >= 15 is 0 Å². The van der Waals surface area contributed by atoms with Gasteiger partial charge in [0.2, 0.25) is 0 Å². The van der Waals surface area contributed by atoms with Crippen LogP contribution < -0.4 is 10.6 Å². The summed E-state index contributed by atoms with van der Waals surface area (Å²) in [7, 11) is 0. The topological polar surface area (TPSA) is 63.0 Å². The van der Waals surface area contributed by atoms with Gasteiger partial charge in [0.05, 0.1) is 6.26 Å². The van der Waals surface area contributed by atoms with Crippen LogP contribution in [0.3, 0.4) is 0 Å². The Balaban J connectivity index is 1.93. The molecule has 0 spiro atoms. The second kappa shape index (κ2) is 6.93. The molecule has 0 saturated carbocycles. The third kappa shape index (κ3) is 3.73. The summed E-state index contributed by atoms with van der Waals surface area (Å²) in [6, 6.07) is 4.25. The number of aromatic nitrogens is 2. The van der Waals surface area contributed by atoms with Gasteiger partial charge in [0.1, 0.15) is 23.7 Å². The average Bonchev–Trinajstić information content (AvgIpc) is 2.94. The number of anilines is 2. The second-order valence-electron chi connectivity index (χ2n) is 4.89. The van der Waals surface area contributed by atoms with Crippen LogP contribution in [-0.2, 0) is 6.42 Å². The predicted molar refractivity (Wildman–Crippen MR) is 81.0 cm³/mol. The predicted octanol–water partition coefficient (Wildman–Crippen LogP) is 3.24. The first-order valence-electron chi connectivity index (χ1n) is 7.05. The Morgan fingerprint density at radius 1 is 1.30 bits per heavy atom. The smallest absolute Gasteiger partial charge is 0.134 e. The van der Waals surface area contributed by atoms with E-state index in [4.69, 9.17) is 4.42 Å². The summed E-state index contributed by atoms with van der Waals surface area (Å²) in [6.45, 7) is 7.09. The van der Waals surface area contributed by atoms with Crippen LogP contribution in [0.4, 0.5) is 11.6 Å². The van der Waals surface area contributed by atoms with Gasteiger partial charge in [-0.25, -0.2) is 9.97 Å². The van der Waals surface area contributed by atoms with E-state index in [1.165, 1.54) is 0 Å². The van der Waals surface area contributed by atoms with Gasteiger partial charge in [-0.2, -0.15) is 0 Å². The van der Waals surface area contributed by atoms with Crippen LogP contribution >= 0.6 is 0 Å². The fourth-order valence-electron chi connectivity index (χ4n) is 2.06. The Hall–Kier alpha value is -2.04. The minimum absolute atomic E-state index is 0.322. The van der Waals surface area contributed by atoms with E-state index in [2.05, 4.69) is 34.4 Å². The molecule has 0 fully saturated rings. The quantitative estimate of drug-likeness (QED) is 0.811. The van der Waals surface area contributed by atoms with Gasteiger partial charge in [0.15, 0.2) is 0 Å². The molecule has 0 saturated heterocycles. The van der Waals surface area contributed by atoms with Gasteiger partial charge in [-0.05, 0) is 39.3 Å². The fraction of sp³-hybridized carbons (Fsp3) is 0.467. The second-order valence-corrected chi connectivity index (χ2v) is 4.89. The van der Waals surface area contributed by atoms with Gasteiger partial charge in [0.25, 0.3) is 0 Å². The molecule has 0 aliphatic heterocycles. The van der Waals surface area contributed by atoms with Crippen molar-refractivity contribution < 1.29 is 4.42 Å². The van der Waals surface area contributed by atoms with E-state index in [0.717, 1.165) is 42.3 Å². The molecule has 108 valence electrons. The zero-order valence-electron chi connectivity index (χ0n) is 12.3. The molecule has 0 aliphatic rings. The van der Waals surface area contributed by atoms with Gasteiger partial charge in [0, 0.05) is 24.6 Å². The molecule has 2 rings (SSSR count). The van der Waals surface area contributed by atoms with Gasteiger partial charge < -0.3 is 15.1 Å². The van der Waals surface area contributed by atoms with E-state index in [-0.39, 0.29) is 0 Å². The molecule has 2 aromatic rings. The summed E-state index contributed by atoms with van der Waals surface area (Å²) >= 11 is 0. The molecule has 5 nitrogen and oxygen atoms in total. The first-order chi connectivity index (χ1) is 9.70. The van der Waals surface area contributed by atoms with Crippen LogP contribution in [0.5, 0.6) is 0 Å². The van der Waals surface area contributed by atoms with E-state index in [1.807, 2.05) is 19.1 Å². The van der Waals surface area contributed by atoms with Crippen LogP contribution in [0.15, 0.2) is 29.1 Å². The van der Waals surface area contributed by atoms with Gasteiger partial charge >= 0.3 is 0 Å². The Kier molecular flexibility index (Phi) is 4.98. The SMILES string of the molecule is CCNc1ncnc(NC(C)CCc2ccco2)c1C. The van der Waals surface area contributed by atoms with Crippen molar-refractivity contribution in [3.63, 3.8) is 0 Å². The molecule has 0 bridgehead atoms. The molecule has 0 radical (unpaired) electrons. The molecule has 20 heavy (non-hydrogen) atoms. The zero-order chi connectivity index (χ0) is 14.4. The maximum atomic E-state index is 5.35. The molecule has 2 N–H and O–H groups in total. The van der Waals surface area contributed by atoms with Crippen molar-refractivity contribution in [2.75, 3.05) is 17.2 Å². The number of aryl methyl sites for hydroxylation is 1. The lowest BCUT2D eigenvalue weighted by molar-refractivity contribution is 0.495. The molecular formula is C15H22N4O. The molecule has 1 atom stereocenters. The summed E-state index contributed by atoms with van der Waals surface area (Å²) in [5.41, 5.74) is 1.05. The lowest BCUT2D eigenvalue weighted by Crippen LogP contribution is -2.18. The van der Waals surface area contributed by atoms with Crippen LogP contribution in [-0.4, -0.2) is 22.6 Å². The summed E-state index contributed by atoms with van der Waals surface area (Å²) < 4.78 is 5.35. The highest BCUT2D eigenvalue weighted by molar-refractivity contribution is 5.56. The number of nitrogens with zero attached hydrogens (tertiary/aromatic N) is 2. The minimum Gasteiger partial charge on any atom is -0.469 e. The summed E-state index contributed by atoms with van der Waals surface area (Å²) in [4.78, 5) is 8.57. The Morgan fingerprint density at radius 2 is 2.10 bits per heavy atom. The molecule has 0 aromatic carbocycles. The maximum absolute atomic E-state index is 5.35. The molecular weight excluding hydrogens is 252 g/mol. The summed E-state index contributed by atoms with van der Waals surface area (Å²) in [6.07, 6.45) is 5.22. The summed E-state index contributed by atoms with van der Waals surface area (Å²) in [5, 5.41) is 6.68. The minimum atomic E-state index is 0.322. The Morgan fingerprint density at radius 3 is 2.80 bits per heavy atom. The van der Waals surface area contributed by atoms with Crippen molar-refractivity contribution in [2.24, 2.45) is 0 Å². The number of furan rings is 1. The zero-order valence-corrected chi connectivity index (χ0v) is 12.3. The summed E-state index contributed by atoms with van der Waals surface area (Å²) in [5.74, 6) is 2.80. The Bertz CT molecular complexity index is 525. The van der Waals surface area contributed by atoms with Crippen LogP contribution in [0.1, 0.15) is 31.6 Å². The average molecular weight is 274 g/mol. The van der Waals surface area contributed by atoms with Gasteiger partial charge in [-0.15, -0.1) is 0 Å².